The number of rotatable bonds is 8. The van der Waals surface area contributed by atoms with Crippen molar-refractivity contribution in [1.82, 2.24) is 0 Å². The maximum absolute atomic E-state index is 13.2. The molecule has 0 fully saturated rings. The van der Waals surface area contributed by atoms with E-state index in [9.17, 15) is 9.59 Å². The van der Waals surface area contributed by atoms with E-state index in [-0.39, 0.29) is 28.6 Å². The molecular weight excluding hydrogens is 480 g/mol. The Labute approximate surface area is 214 Å². The second-order valence-corrected chi connectivity index (χ2v) is 7.93. The van der Waals surface area contributed by atoms with Gasteiger partial charge in [0.25, 0.3) is 0 Å². The Morgan fingerprint density at radius 3 is 1.97 bits per heavy atom. The number of aryl methyl sites for hydroxylation is 1. The van der Waals surface area contributed by atoms with Gasteiger partial charge >= 0.3 is 5.97 Å². The zero-order valence-electron chi connectivity index (χ0n) is 21.3. The molecule has 0 spiro atoms. The van der Waals surface area contributed by atoms with Crippen molar-refractivity contribution in [2.45, 2.75) is 6.92 Å². The van der Waals surface area contributed by atoms with Gasteiger partial charge in [0.2, 0.25) is 5.78 Å². The number of carbonyl (C=O) groups is 2. The van der Waals surface area contributed by atoms with Gasteiger partial charge in [-0.1, -0.05) is 6.07 Å². The second kappa shape index (κ2) is 10.5. The third kappa shape index (κ3) is 4.75. The van der Waals surface area contributed by atoms with E-state index < -0.39 is 5.97 Å². The molecule has 0 saturated carbocycles. The van der Waals surface area contributed by atoms with E-state index >= 15 is 0 Å². The number of ketones is 1. The minimum Gasteiger partial charge on any atom is -0.496 e. The Hall–Kier alpha value is -4.66. The van der Waals surface area contributed by atoms with E-state index in [1.54, 1.807) is 49.4 Å². The number of allylic oxidation sites excluding steroid dienone is 1. The van der Waals surface area contributed by atoms with Crippen LogP contribution in [0.15, 0.2) is 48.2 Å². The van der Waals surface area contributed by atoms with E-state index in [1.807, 2.05) is 0 Å². The van der Waals surface area contributed by atoms with Crippen molar-refractivity contribution in [3.05, 3.63) is 70.5 Å². The van der Waals surface area contributed by atoms with Crippen LogP contribution < -0.4 is 33.2 Å². The van der Waals surface area contributed by atoms with Crippen LogP contribution in [0.5, 0.6) is 40.2 Å². The minimum atomic E-state index is -0.677. The standard InChI is InChI=1S/C28H26O9/c1-15-10-17(36-28(30)26-18(31-2)8-7-9-19(26)32-3)13-23-25(15)27(29)24(37-23)12-16-11-21(34-5)22(35-6)14-20(16)33-4/h7-14H,1-6H3/b24-12-. The van der Waals surface area contributed by atoms with Crippen molar-refractivity contribution < 1.29 is 42.7 Å². The van der Waals surface area contributed by atoms with Crippen LogP contribution in [0.4, 0.5) is 0 Å². The Balaban J connectivity index is 1.67. The molecule has 0 aliphatic carbocycles. The zero-order valence-corrected chi connectivity index (χ0v) is 21.3. The Kier molecular flexibility index (Phi) is 7.24. The van der Waals surface area contributed by atoms with Crippen LogP contribution in [0.25, 0.3) is 6.08 Å². The smallest absolute Gasteiger partial charge is 0.351 e. The third-order valence-corrected chi connectivity index (χ3v) is 5.81. The van der Waals surface area contributed by atoms with E-state index in [0.717, 1.165) is 0 Å². The molecule has 1 heterocycles. The van der Waals surface area contributed by atoms with Gasteiger partial charge in [0.1, 0.15) is 34.3 Å². The molecule has 3 aromatic rings. The molecule has 0 amide bonds. The van der Waals surface area contributed by atoms with Gasteiger partial charge < -0.3 is 33.2 Å². The maximum atomic E-state index is 13.2. The van der Waals surface area contributed by atoms with Crippen LogP contribution >= 0.6 is 0 Å². The first-order valence-corrected chi connectivity index (χ1v) is 11.2. The first-order valence-electron chi connectivity index (χ1n) is 11.2. The predicted molar refractivity (Wildman–Crippen MR) is 135 cm³/mol. The topological polar surface area (TPSA) is 98.8 Å². The van der Waals surface area contributed by atoms with Gasteiger partial charge in [-0.2, -0.15) is 0 Å². The van der Waals surface area contributed by atoms with Gasteiger partial charge in [0.15, 0.2) is 17.3 Å². The number of esters is 1. The van der Waals surface area contributed by atoms with Crippen molar-refractivity contribution in [3.63, 3.8) is 0 Å². The number of methoxy groups -OCH3 is 5. The normalized spacial score (nSPS) is 13.0. The fourth-order valence-electron chi connectivity index (χ4n) is 4.05. The average molecular weight is 507 g/mol. The van der Waals surface area contributed by atoms with Crippen molar-refractivity contribution in [2.24, 2.45) is 0 Å². The van der Waals surface area contributed by atoms with E-state index in [4.69, 9.17) is 33.2 Å². The van der Waals surface area contributed by atoms with Crippen LogP contribution in [-0.2, 0) is 0 Å². The fraction of sp³-hybridized carbons (Fsp3) is 0.214. The van der Waals surface area contributed by atoms with Gasteiger partial charge in [-0.05, 0) is 42.8 Å². The summed E-state index contributed by atoms with van der Waals surface area (Å²) >= 11 is 0. The fourth-order valence-corrected chi connectivity index (χ4v) is 4.05. The number of carbonyl (C=O) groups excluding carboxylic acids is 2. The molecule has 1 aliphatic rings. The van der Waals surface area contributed by atoms with E-state index in [2.05, 4.69) is 0 Å². The molecule has 0 unspecified atom stereocenters. The number of Topliss-reactive ketones (excluding diaryl/α,β-unsaturated/α-hetero) is 1. The molecule has 192 valence electrons. The molecule has 4 rings (SSSR count). The van der Waals surface area contributed by atoms with Crippen LogP contribution in [0.2, 0.25) is 0 Å². The van der Waals surface area contributed by atoms with E-state index in [0.29, 0.717) is 45.4 Å². The van der Waals surface area contributed by atoms with Crippen molar-refractivity contribution in [3.8, 4) is 40.2 Å². The molecular formula is C28H26O9. The summed E-state index contributed by atoms with van der Waals surface area (Å²) in [5.74, 6) is 1.60. The lowest BCUT2D eigenvalue weighted by Crippen LogP contribution is -2.12. The third-order valence-electron chi connectivity index (χ3n) is 5.81. The Bertz CT molecular complexity index is 1380. The van der Waals surface area contributed by atoms with Crippen LogP contribution in [-0.4, -0.2) is 47.3 Å². The quantitative estimate of drug-likeness (QED) is 0.241. The molecule has 0 radical (unpaired) electrons. The zero-order chi connectivity index (χ0) is 26.7. The van der Waals surface area contributed by atoms with Gasteiger partial charge in [-0.25, -0.2) is 4.79 Å². The monoisotopic (exact) mass is 506 g/mol. The molecule has 3 aromatic carbocycles. The first-order chi connectivity index (χ1) is 17.8. The molecule has 37 heavy (non-hydrogen) atoms. The summed E-state index contributed by atoms with van der Waals surface area (Å²) in [6.07, 6.45) is 1.56. The molecule has 9 nitrogen and oxygen atoms in total. The highest BCUT2D eigenvalue weighted by Gasteiger charge is 2.31. The van der Waals surface area contributed by atoms with Crippen molar-refractivity contribution in [2.75, 3.05) is 35.5 Å². The largest absolute Gasteiger partial charge is 0.496 e. The van der Waals surface area contributed by atoms with Crippen LogP contribution in [0.1, 0.15) is 31.8 Å². The Morgan fingerprint density at radius 1 is 0.784 bits per heavy atom. The summed E-state index contributed by atoms with van der Waals surface area (Å²) < 4.78 is 38.2. The van der Waals surface area contributed by atoms with Gasteiger partial charge in [-0.3, -0.25) is 4.79 Å². The number of hydrogen-bond acceptors (Lipinski definition) is 9. The Morgan fingerprint density at radius 2 is 1.38 bits per heavy atom. The number of ether oxygens (including phenoxy) is 7. The highest BCUT2D eigenvalue weighted by molar-refractivity contribution is 6.15. The lowest BCUT2D eigenvalue weighted by molar-refractivity contribution is 0.0727. The summed E-state index contributed by atoms with van der Waals surface area (Å²) in [6, 6.07) is 11.4. The second-order valence-electron chi connectivity index (χ2n) is 7.93. The summed E-state index contributed by atoms with van der Waals surface area (Å²) in [4.78, 5) is 26.2. The number of fused-ring (bicyclic) bond motifs is 1. The summed E-state index contributed by atoms with van der Waals surface area (Å²) in [6.45, 7) is 1.74. The van der Waals surface area contributed by atoms with Gasteiger partial charge in [0.05, 0.1) is 41.1 Å². The summed E-state index contributed by atoms with van der Waals surface area (Å²) in [7, 11) is 7.45. The van der Waals surface area contributed by atoms with Gasteiger partial charge in [-0.15, -0.1) is 0 Å². The highest BCUT2D eigenvalue weighted by Crippen LogP contribution is 2.41. The molecule has 0 atom stereocenters. The molecule has 0 aromatic heterocycles. The minimum absolute atomic E-state index is 0.0819. The van der Waals surface area contributed by atoms with Gasteiger partial charge in [0, 0.05) is 17.7 Å². The summed E-state index contributed by atoms with van der Waals surface area (Å²) in [5.41, 5.74) is 1.66. The lowest BCUT2D eigenvalue weighted by Gasteiger charge is -2.13. The summed E-state index contributed by atoms with van der Waals surface area (Å²) in [5, 5.41) is 0. The predicted octanol–water partition coefficient (Wildman–Crippen LogP) is 4.87. The molecule has 0 saturated heterocycles. The van der Waals surface area contributed by atoms with E-state index in [1.165, 1.54) is 41.6 Å². The van der Waals surface area contributed by atoms with Crippen LogP contribution in [0, 0.1) is 6.92 Å². The van der Waals surface area contributed by atoms with Crippen LogP contribution in [0.3, 0.4) is 0 Å². The first kappa shape index (κ1) is 25.4. The molecule has 0 bridgehead atoms. The number of benzene rings is 3. The molecule has 9 heteroatoms. The maximum Gasteiger partial charge on any atom is 0.351 e. The van der Waals surface area contributed by atoms with Crippen molar-refractivity contribution in [1.29, 1.82) is 0 Å². The molecule has 0 N–H and O–H groups in total. The van der Waals surface area contributed by atoms with Crippen molar-refractivity contribution >= 4 is 17.8 Å². The average Bonchev–Trinajstić information content (AvgIpc) is 3.22. The SMILES string of the molecule is COc1cc(OC)c(OC)cc1/C=C1\Oc2cc(OC(=O)c3c(OC)cccc3OC)cc(C)c2C1=O. The lowest BCUT2D eigenvalue weighted by atomic mass is 10.0. The molecule has 1 aliphatic heterocycles. The highest BCUT2D eigenvalue weighted by atomic mass is 16.5. The number of hydrogen-bond donors (Lipinski definition) is 0.